The second kappa shape index (κ2) is 8.33. The maximum Gasteiger partial charge on any atom is 0.243 e. The van der Waals surface area contributed by atoms with Crippen molar-refractivity contribution in [2.45, 2.75) is 36.6 Å². The minimum Gasteiger partial charge on any atom is -0.302 e. The molecular formula is C17H24F2N2O2S2. The largest absolute Gasteiger partial charge is 0.302 e. The Balaban J connectivity index is 1.86. The molecule has 4 nitrogen and oxygen atoms in total. The van der Waals surface area contributed by atoms with Gasteiger partial charge < -0.3 is 4.90 Å². The number of likely N-dealkylation sites (tertiary alicyclic amines) is 1. The van der Waals surface area contributed by atoms with Crippen LogP contribution in [0, 0.1) is 11.6 Å². The molecule has 2 fully saturated rings. The van der Waals surface area contributed by atoms with E-state index in [2.05, 4.69) is 4.90 Å². The number of piperidine rings is 1. The van der Waals surface area contributed by atoms with Gasteiger partial charge in [-0.2, -0.15) is 16.1 Å². The Hall–Kier alpha value is -0.700. The van der Waals surface area contributed by atoms with Crippen molar-refractivity contribution in [3.63, 3.8) is 0 Å². The Labute approximate surface area is 152 Å². The molecule has 1 unspecified atom stereocenters. The molecule has 0 aliphatic carbocycles. The quantitative estimate of drug-likeness (QED) is 0.793. The summed E-state index contributed by atoms with van der Waals surface area (Å²) in [5.41, 5.74) is 0. The van der Waals surface area contributed by atoms with E-state index in [9.17, 15) is 17.2 Å². The number of benzene rings is 1. The van der Waals surface area contributed by atoms with E-state index in [1.165, 1.54) is 10.7 Å². The Bertz CT molecular complexity index is 674. The lowest BCUT2D eigenvalue weighted by Crippen LogP contribution is -2.49. The van der Waals surface area contributed by atoms with Gasteiger partial charge in [0.2, 0.25) is 10.0 Å². The van der Waals surface area contributed by atoms with E-state index in [1.54, 1.807) is 11.8 Å². The normalized spacial score (nSPS) is 24.2. The number of thioether (sulfide) groups is 1. The predicted octanol–water partition coefficient (Wildman–Crippen LogP) is 2.95. The number of rotatable bonds is 4. The zero-order valence-corrected chi connectivity index (χ0v) is 15.8. The zero-order valence-electron chi connectivity index (χ0n) is 14.2. The summed E-state index contributed by atoms with van der Waals surface area (Å²) < 4.78 is 54.7. The molecule has 8 heteroatoms. The maximum atomic E-state index is 13.5. The molecule has 2 aliphatic rings. The molecule has 0 amide bonds. The lowest BCUT2D eigenvalue weighted by atomic mass is 10.1. The van der Waals surface area contributed by atoms with Crippen LogP contribution < -0.4 is 0 Å². The molecule has 3 rings (SSSR count). The highest BCUT2D eigenvalue weighted by Crippen LogP contribution is 2.26. The number of halogens is 2. The van der Waals surface area contributed by atoms with Crippen molar-refractivity contribution < 1.29 is 17.2 Å². The van der Waals surface area contributed by atoms with Gasteiger partial charge in [-0.15, -0.1) is 0 Å². The molecule has 1 aromatic carbocycles. The summed E-state index contributed by atoms with van der Waals surface area (Å²) in [6.07, 6.45) is 4.25. The third-order valence-corrected chi connectivity index (χ3v) is 7.87. The van der Waals surface area contributed by atoms with Crippen molar-refractivity contribution in [3.05, 3.63) is 29.8 Å². The first-order chi connectivity index (χ1) is 12.0. The molecule has 2 saturated heterocycles. The Kier molecular flexibility index (Phi) is 6.35. The van der Waals surface area contributed by atoms with Gasteiger partial charge in [-0.1, -0.05) is 6.42 Å². The molecule has 0 radical (unpaired) electrons. The second-order valence-corrected chi connectivity index (χ2v) is 9.70. The van der Waals surface area contributed by atoms with Crippen molar-refractivity contribution in [2.75, 3.05) is 37.7 Å². The summed E-state index contributed by atoms with van der Waals surface area (Å²) in [4.78, 5) is 2.02. The van der Waals surface area contributed by atoms with Crippen LogP contribution in [0.25, 0.3) is 0 Å². The number of sulfonamides is 1. The predicted molar refractivity (Wildman–Crippen MR) is 96.3 cm³/mol. The van der Waals surface area contributed by atoms with Crippen molar-refractivity contribution in [2.24, 2.45) is 0 Å². The van der Waals surface area contributed by atoms with Crippen LogP contribution >= 0.6 is 11.8 Å². The summed E-state index contributed by atoms with van der Waals surface area (Å²) in [6, 6.07) is 2.35. The van der Waals surface area contributed by atoms with Gasteiger partial charge in [-0.3, -0.25) is 0 Å². The lowest BCUT2D eigenvalue weighted by molar-refractivity contribution is 0.183. The average molecular weight is 391 g/mol. The summed E-state index contributed by atoms with van der Waals surface area (Å²) in [7, 11) is -3.92. The van der Waals surface area contributed by atoms with Crippen LogP contribution in [0.3, 0.4) is 0 Å². The van der Waals surface area contributed by atoms with Crippen LogP contribution in [-0.4, -0.2) is 61.3 Å². The van der Waals surface area contributed by atoms with Gasteiger partial charge in [-0.25, -0.2) is 17.2 Å². The Morgan fingerprint density at radius 3 is 2.36 bits per heavy atom. The number of nitrogens with zero attached hydrogens (tertiary/aromatic N) is 2. The summed E-state index contributed by atoms with van der Waals surface area (Å²) in [6.45, 7) is 3.06. The monoisotopic (exact) mass is 390 g/mol. The van der Waals surface area contributed by atoms with Crippen LogP contribution in [0.5, 0.6) is 0 Å². The van der Waals surface area contributed by atoms with Crippen LogP contribution in [0.15, 0.2) is 23.1 Å². The van der Waals surface area contributed by atoms with Gasteiger partial charge in [-0.05, 0) is 50.2 Å². The molecule has 2 heterocycles. The van der Waals surface area contributed by atoms with Gasteiger partial charge in [0.15, 0.2) is 0 Å². The van der Waals surface area contributed by atoms with Crippen molar-refractivity contribution in [3.8, 4) is 0 Å². The topological polar surface area (TPSA) is 40.6 Å². The highest BCUT2D eigenvalue weighted by atomic mass is 32.2. The van der Waals surface area contributed by atoms with E-state index in [1.807, 2.05) is 0 Å². The van der Waals surface area contributed by atoms with Gasteiger partial charge in [0, 0.05) is 31.0 Å². The Morgan fingerprint density at radius 1 is 1.00 bits per heavy atom. The van der Waals surface area contributed by atoms with E-state index < -0.39 is 21.7 Å². The fourth-order valence-corrected chi connectivity index (χ4v) is 6.37. The first-order valence-corrected chi connectivity index (χ1v) is 11.3. The highest BCUT2D eigenvalue weighted by molar-refractivity contribution is 7.99. The minimum atomic E-state index is -3.92. The molecule has 0 spiro atoms. The molecule has 0 bridgehead atoms. The van der Waals surface area contributed by atoms with E-state index in [0.717, 1.165) is 50.2 Å². The molecule has 1 atom stereocenters. The third kappa shape index (κ3) is 4.72. The van der Waals surface area contributed by atoms with Gasteiger partial charge in [0.25, 0.3) is 0 Å². The van der Waals surface area contributed by atoms with E-state index in [4.69, 9.17) is 0 Å². The van der Waals surface area contributed by atoms with E-state index >= 15 is 0 Å². The molecule has 140 valence electrons. The third-order valence-electron chi connectivity index (χ3n) is 4.74. The number of hydrogen-bond acceptors (Lipinski definition) is 4. The van der Waals surface area contributed by atoms with Gasteiger partial charge in [0.1, 0.15) is 11.6 Å². The highest BCUT2D eigenvalue weighted by Gasteiger charge is 2.34. The minimum absolute atomic E-state index is 0.165. The maximum absolute atomic E-state index is 13.5. The average Bonchev–Trinajstić information content (AvgIpc) is 2.81. The molecule has 0 N–H and O–H groups in total. The van der Waals surface area contributed by atoms with Gasteiger partial charge >= 0.3 is 0 Å². The second-order valence-electron chi connectivity index (χ2n) is 6.66. The van der Waals surface area contributed by atoms with E-state index in [-0.39, 0.29) is 10.9 Å². The molecule has 1 aromatic rings. The fraction of sp³-hybridized carbons (Fsp3) is 0.647. The molecule has 2 aliphatic heterocycles. The standard InChI is InChI=1S/C17H24F2N2O2S2/c18-14-9-15(19)11-17(10-14)25(22,23)21-7-4-8-24-13-16(21)12-20-5-2-1-3-6-20/h9-11,16H,1-8,12-13H2. The van der Waals surface area contributed by atoms with Gasteiger partial charge in [0.05, 0.1) is 4.90 Å². The molecule has 0 aromatic heterocycles. The van der Waals surface area contributed by atoms with Crippen LogP contribution in [0.2, 0.25) is 0 Å². The summed E-state index contributed by atoms with van der Waals surface area (Å²) >= 11 is 1.75. The summed E-state index contributed by atoms with van der Waals surface area (Å²) in [5.74, 6) is -0.112. The molecule has 25 heavy (non-hydrogen) atoms. The zero-order chi connectivity index (χ0) is 17.9. The van der Waals surface area contributed by atoms with Crippen molar-refractivity contribution in [1.82, 2.24) is 9.21 Å². The van der Waals surface area contributed by atoms with Crippen LogP contribution in [-0.2, 0) is 10.0 Å². The molecular weight excluding hydrogens is 366 g/mol. The van der Waals surface area contributed by atoms with Crippen molar-refractivity contribution in [1.29, 1.82) is 0 Å². The van der Waals surface area contributed by atoms with Crippen molar-refractivity contribution >= 4 is 21.8 Å². The fourth-order valence-electron chi connectivity index (χ4n) is 3.52. The lowest BCUT2D eigenvalue weighted by Gasteiger charge is -2.35. The smallest absolute Gasteiger partial charge is 0.243 e. The van der Waals surface area contributed by atoms with Crippen LogP contribution in [0.1, 0.15) is 25.7 Å². The number of hydrogen-bond donors (Lipinski definition) is 0. The molecule has 0 saturated carbocycles. The Morgan fingerprint density at radius 2 is 1.68 bits per heavy atom. The SMILES string of the molecule is O=S(=O)(c1cc(F)cc(F)c1)N1CCCSCC1CN1CCCCC1. The van der Waals surface area contributed by atoms with Crippen LogP contribution in [0.4, 0.5) is 8.78 Å². The first kappa shape index (κ1) is 19.1. The first-order valence-electron chi connectivity index (χ1n) is 8.75. The summed E-state index contributed by atoms with van der Waals surface area (Å²) in [5, 5.41) is 0. The van der Waals surface area contributed by atoms with E-state index in [0.29, 0.717) is 24.9 Å².